The van der Waals surface area contributed by atoms with Gasteiger partial charge in [-0.15, -0.1) is 24.2 Å². The van der Waals surface area contributed by atoms with Gasteiger partial charge in [0.25, 0.3) is 0 Å². The zero-order valence-corrected chi connectivity index (χ0v) is 22.3. The van der Waals surface area contributed by atoms with Crippen molar-refractivity contribution in [3.63, 3.8) is 0 Å². The van der Waals surface area contributed by atoms with Gasteiger partial charge in [0.2, 0.25) is 5.91 Å². The average Bonchev–Trinajstić information content (AvgIpc) is 3.13. The molecule has 1 amide bonds. The normalized spacial score (nSPS) is 11.1. The molecule has 1 aromatic heterocycles. The third kappa shape index (κ3) is 7.63. The molecule has 0 bridgehead atoms. The highest BCUT2D eigenvalue weighted by Gasteiger charge is 2.20. The molecule has 0 spiro atoms. The number of carbonyl (C=O) groups excluding carboxylic acids is 1. The van der Waals surface area contributed by atoms with Crippen molar-refractivity contribution in [2.75, 3.05) is 37.8 Å². The van der Waals surface area contributed by atoms with E-state index in [1.165, 1.54) is 10.5 Å². The van der Waals surface area contributed by atoms with Gasteiger partial charge in [0.05, 0.1) is 10.2 Å². The van der Waals surface area contributed by atoms with Crippen molar-refractivity contribution in [3.8, 4) is 0 Å². The van der Waals surface area contributed by atoms with Gasteiger partial charge >= 0.3 is 0 Å². The largest absolute Gasteiger partial charge is 0.309 e. The summed E-state index contributed by atoms with van der Waals surface area (Å²) < 4.78 is 1.03. The van der Waals surface area contributed by atoms with E-state index in [9.17, 15) is 4.79 Å². The second-order valence-electron chi connectivity index (χ2n) is 8.03. The molecule has 1 heterocycles. The van der Waals surface area contributed by atoms with Crippen molar-refractivity contribution < 1.29 is 4.79 Å². The molecular formula is C24H31Cl2N3OS2. The Morgan fingerprint density at radius 3 is 2.50 bits per heavy atom. The van der Waals surface area contributed by atoms with E-state index in [0.29, 0.717) is 18.0 Å². The van der Waals surface area contributed by atoms with E-state index in [-0.39, 0.29) is 18.3 Å². The molecule has 0 saturated carbocycles. The molecule has 0 fully saturated rings. The molecule has 0 saturated heterocycles. The van der Waals surface area contributed by atoms with Gasteiger partial charge in [-0.1, -0.05) is 40.6 Å². The maximum absolute atomic E-state index is 13.1. The number of amides is 1. The van der Waals surface area contributed by atoms with Gasteiger partial charge in [0, 0.05) is 22.9 Å². The van der Waals surface area contributed by atoms with Crippen molar-refractivity contribution >= 4 is 68.4 Å². The zero-order chi connectivity index (χ0) is 22.4. The molecular weight excluding hydrogens is 481 g/mol. The standard InChI is InChI=1S/C24H30ClN3OS2.ClH/c1-17-8-10-20(11-9-17)30-14-5-7-22(29)28(13-6-12-27(3)4)24-26-23-18(2)15-19(25)16-21(23)31-24;/h8-11,15-16H,5-7,12-14H2,1-4H3;1H. The number of nitrogens with zero attached hydrogens (tertiary/aromatic N) is 3. The van der Waals surface area contributed by atoms with Crippen LogP contribution in [0.4, 0.5) is 5.13 Å². The lowest BCUT2D eigenvalue weighted by molar-refractivity contribution is -0.118. The molecule has 3 rings (SSSR count). The fourth-order valence-electron chi connectivity index (χ4n) is 3.31. The second kappa shape index (κ2) is 12.8. The Bertz CT molecular complexity index is 1020. The molecule has 32 heavy (non-hydrogen) atoms. The lowest BCUT2D eigenvalue weighted by Gasteiger charge is -2.21. The second-order valence-corrected chi connectivity index (χ2v) is 10.6. The highest BCUT2D eigenvalue weighted by atomic mass is 35.5. The molecule has 0 atom stereocenters. The first kappa shape index (κ1) is 26.9. The summed E-state index contributed by atoms with van der Waals surface area (Å²) in [5.74, 6) is 1.07. The van der Waals surface area contributed by atoms with Gasteiger partial charge in [0.1, 0.15) is 0 Å². The summed E-state index contributed by atoms with van der Waals surface area (Å²) >= 11 is 9.58. The topological polar surface area (TPSA) is 36.4 Å². The van der Waals surface area contributed by atoms with Crippen LogP contribution in [0.3, 0.4) is 0 Å². The van der Waals surface area contributed by atoms with Crippen LogP contribution in [0.25, 0.3) is 10.2 Å². The summed E-state index contributed by atoms with van der Waals surface area (Å²) in [5, 5.41) is 1.48. The van der Waals surface area contributed by atoms with Crippen molar-refractivity contribution in [2.24, 2.45) is 0 Å². The first-order valence-corrected chi connectivity index (χ1v) is 12.7. The first-order chi connectivity index (χ1) is 14.8. The molecule has 3 aromatic rings. The van der Waals surface area contributed by atoms with E-state index < -0.39 is 0 Å². The van der Waals surface area contributed by atoms with E-state index in [4.69, 9.17) is 16.6 Å². The van der Waals surface area contributed by atoms with Crippen LogP contribution in [0.15, 0.2) is 41.3 Å². The van der Waals surface area contributed by atoms with Crippen molar-refractivity contribution in [2.45, 2.75) is 38.0 Å². The summed E-state index contributed by atoms with van der Waals surface area (Å²) in [6.07, 6.45) is 2.28. The fraction of sp³-hybridized carbons (Fsp3) is 0.417. The molecule has 2 aromatic carbocycles. The number of anilines is 1. The van der Waals surface area contributed by atoms with E-state index in [2.05, 4.69) is 50.2 Å². The number of thioether (sulfide) groups is 1. The predicted octanol–water partition coefficient (Wildman–Crippen LogP) is 6.85. The summed E-state index contributed by atoms with van der Waals surface area (Å²) in [6.45, 7) is 5.71. The summed E-state index contributed by atoms with van der Waals surface area (Å²) in [4.78, 5) is 23.2. The van der Waals surface area contributed by atoms with Crippen molar-refractivity contribution in [1.29, 1.82) is 0 Å². The quantitative estimate of drug-likeness (QED) is 0.220. The molecule has 0 aliphatic rings. The predicted molar refractivity (Wildman–Crippen MR) is 143 cm³/mol. The number of hydrogen-bond acceptors (Lipinski definition) is 5. The van der Waals surface area contributed by atoms with Gasteiger partial charge in [-0.2, -0.15) is 0 Å². The third-order valence-electron chi connectivity index (χ3n) is 4.98. The number of rotatable bonds is 10. The van der Waals surface area contributed by atoms with Crippen LogP contribution in [0, 0.1) is 13.8 Å². The van der Waals surface area contributed by atoms with Crippen LogP contribution in [0.5, 0.6) is 0 Å². The minimum atomic E-state index is 0. The average molecular weight is 513 g/mol. The smallest absolute Gasteiger partial charge is 0.228 e. The van der Waals surface area contributed by atoms with E-state index in [1.54, 1.807) is 23.1 Å². The molecule has 0 aliphatic carbocycles. The maximum atomic E-state index is 13.1. The molecule has 0 unspecified atom stereocenters. The minimum Gasteiger partial charge on any atom is -0.309 e. The van der Waals surface area contributed by atoms with Gasteiger partial charge in [-0.25, -0.2) is 4.98 Å². The number of aryl methyl sites for hydroxylation is 2. The van der Waals surface area contributed by atoms with Crippen LogP contribution in [-0.2, 0) is 4.79 Å². The highest BCUT2D eigenvalue weighted by molar-refractivity contribution is 7.99. The summed E-state index contributed by atoms with van der Waals surface area (Å²) in [6, 6.07) is 12.4. The number of carbonyl (C=O) groups is 1. The van der Waals surface area contributed by atoms with Gasteiger partial charge in [-0.05, 0) is 82.9 Å². The third-order valence-corrected chi connectivity index (χ3v) is 7.32. The van der Waals surface area contributed by atoms with Crippen LogP contribution in [0.2, 0.25) is 5.02 Å². The highest BCUT2D eigenvalue weighted by Crippen LogP contribution is 2.33. The Morgan fingerprint density at radius 1 is 1.09 bits per heavy atom. The fourth-order valence-corrected chi connectivity index (χ4v) is 5.63. The Labute approximate surface area is 210 Å². The van der Waals surface area contributed by atoms with Gasteiger partial charge < -0.3 is 4.90 Å². The number of aromatic nitrogens is 1. The van der Waals surface area contributed by atoms with E-state index >= 15 is 0 Å². The Hall–Kier alpha value is -1.31. The Balaban J connectivity index is 0.00000363. The van der Waals surface area contributed by atoms with Crippen molar-refractivity contribution in [3.05, 3.63) is 52.5 Å². The van der Waals surface area contributed by atoms with Crippen LogP contribution in [0.1, 0.15) is 30.4 Å². The molecule has 0 aliphatic heterocycles. The van der Waals surface area contributed by atoms with Crippen molar-refractivity contribution in [1.82, 2.24) is 9.88 Å². The van der Waals surface area contributed by atoms with Crippen LogP contribution in [-0.4, -0.2) is 48.7 Å². The number of benzene rings is 2. The number of thiazole rings is 1. The SMILES string of the molecule is Cc1ccc(SCCCC(=O)N(CCCN(C)C)c2nc3c(C)cc(Cl)cc3s2)cc1.Cl. The molecule has 8 heteroatoms. The lowest BCUT2D eigenvalue weighted by Crippen LogP contribution is -2.33. The van der Waals surface area contributed by atoms with Gasteiger partial charge in [-0.3, -0.25) is 9.69 Å². The number of halogens is 2. The van der Waals surface area contributed by atoms with Gasteiger partial charge in [0.15, 0.2) is 5.13 Å². The van der Waals surface area contributed by atoms with E-state index in [1.807, 2.05) is 24.0 Å². The lowest BCUT2D eigenvalue weighted by atomic mass is 10.2. The van der Waals surface area contributed by atoms with E-state index in [0.717, 1.165) is 46.1 Å². The Kier molecular flexibility index (Phi) is 10.8. The molecule has 174 valence electrons. The Morgan fingerprint density at radius 2 is 1.81 bits per heavy atom. The molecule has 0 N–H and O–H groups in total. The minimum absolute atomic E-state index is 0. The first-order valence-electron chi connectivity index (χ1n) is 10.5. The maximum Gasteiger partial charge on any atom is 0.228 e. The zero-order valence-electron chi connectivity index (χ0n) is 19.1. The molecule has 0 radical (unpaired) electrons. The summed E-state index contributed by atoms with van der Waals surface area (Å²) in [7, 11) is 4.11. The molecule has 4 nitrogen and oxygen atoms in total. The summed E-state index contributed by atoms with van der Waals surface area (Å²) in [5.41, 5.74) is 3.24. The number of fused-ring (bicyclic) bond motifs is 1. The van der Waals surface area contributed by atoms with Crippen LogP contribution >= 0.6 is 47.1 Å². The van der Waals surface area contributed by atoms with Crippen LogP contribution < -0.4 is 4.90 Å². The number of hydrogen-bond donors (Lipinski definition) is 0. The monoisotopic (exact) mass is 511 g/mol.